The van der Waals surface area contributed by atoms with Crippen molar-refractivity contribution >= 4 is 39.2 Å². The van der Waals surface area contributed by atoms with Crippen molar-refractivity contribution in [1.29, 1.82) is 0 Å². The summed E-state index contributed by atoms with van der Waals surface area (Å²) in [5, 5.41) is 3.55. The molecule has 1 atom stereocenters. The summed E-state index contributed by atoms with van der Waals surface area (Å²) in [5.74, 6) is 0.136. The second kappa shape index (κ2) is 9.84. The molecule has 0 saturated carbocycles. The number of hydrogen-bond acceptors (Lipinski definition) is 3. The van der Waals surface area contributed by atoms with Crippen LogP contribution in [0.2, 0.25) is 0 Å². The van der Waals surface area contributed by atoms with E-state index in [9.17, 15) is 4.79 Å². The van der Waals surface area contributed by atoms with Crippen molar-refractivity contribution in [3.8, 4) is 0 Å². The molecule has 1 N–H and O–H groups in total. The number of hydrogen-bond donors (Lipinski definition) is 1. The van der Waals surface area contributed by atoms with Gasteiger partial charge in [0.25, 0.3) is 0 Å². The van der Waals surface area contributed by atoms with E-state index in [1.807, 2.05) is 36.4 Å². The quantitative estimate of drug-likeness (QED) is 0.274. The topological polar surface area (TPSA) is 29.1 Å². The normalized spacial score (nSPS) is 12.4. The Labute approximate surface area is 192 Å². The van der Waals surface area contributed by atoms with E-state index >= 15 is 0 Å². The Morgan fingerprint density at radius 1 is 1.00 bits per heavy atom. The van der Waals surface area contributed by atoms with Crippen molar-refractivity contribution in [3.05, 3.63) is 94.0 Å². The summed E-state index contributed by atoms with van der Waals surface area (Å²) in [4.78, 5) is 14.3. The molecule has 0 aliphatic heterocycles. The van der Waals surface area contributed by atoms with Crippen LogP contribution in [0.25, 0.3) is 0 Å². The number of ketones is 1. The summed E-state index contributed by atoms with van der Waals surface area (Å²) in [6.45, 7) is 6.54. The van der Waals surface area contributed by atoms with Crippen LogP contribution in [0.15, 0.2) is 82.2 Å². The molecular formula is C26H28BrNOS. The molecule has 0 fully saturated rings. The van der Waals surface area contributed by atoms with Gasteiger partial charge >= 0.3 is 0 Å². The van der Waals surface area contributed by atoms with Gasteiger partial charge in [-0.2, -0.15) is 0 Å². The van der Waals surface area contributed by atoms with Crippen LogP contribution in [0.4, 0.5) is 5.69 Å². The van der Waals surface area contributed by atoms with E-state index in [1.54, 1.807) is 11.8 Å². The van der Waals surface area contributed by atoms with E-state index in [1.165, 1.54) is 10.5 Å². The summed E-state index contributed by atoms with van der Waals surface area (Å²) in [7, 11) is 0. The molecule has 0 aliphatic carbocycles. The monoisotopic (exact) mass is 481 g/mol. The molecule has 30 heavy (non-hydrogen) atoms. The third kappa shape index (κ3) is 5.99. The SMILES string of the molecule is CSc1ccc(C(CC(=O)c2ccc(C(C)(C)C)cc2)Nc2cccc(Br)c2)cc1. The van der Waals surface area contributed by atoms with Gasteiger partial charge in [0.05, 0.1) is 6.04 Å². The van der Waals surface area contributed by atoms with E-state index in [0.717, 1.165) is 21.3 Å². The number of halogens is 1. The number of thioether (sulfide) groups is 1. The van der Waals surface area contributed by atoms with Crippen LogP contribution in [0.3, 0.4) is 0 Å². The van der Waals surface area contributed by atoms with Crippen molar-refractivity contribution < 1.29 is 4.79 Å². The summed E-state index contributed by atoms with van der Waals surface area (Å²) in [6, 6.07) is 24.4. The Balaban J connectivity index is 1.84. The van der Waals surface area contributed by atoms with Crippen LogP contribution in [0.1, 0.15) is 54.7 Å². The molecular weight excluding hydrogens is 454 g/mol. The molecule has 0 aromatic heterocycles. The van der Waals surface area contributed by atoms with Crippen molar-refractivity contribution in [3.63, 3.8) is 0 Å². The molecule has 4 heteroatoms. The predicted molar refractivity (Wildman–Crippen MR) is 133 cm³/mol. The molecule has 3 aromatic rings. The van der Waals surface area contributed by atoms with Gasteiger partial charge in [-0.25, -0.2) is 0 Å². The summed E-state index contributed by atoms with van der Waals surface area (Å²) < 4.78 is 1.01. The third-order valence-corrected chi connectivity index (χ3v) is 6.38. The van der Waals surface area contributed by atoms with Crippen LogP contribution < -0.4 is 5.32 Å². The highest BCUT2D eigenvalue weighted by atomic mass is 79.9. The fourth-order valence-electron chi connectivity index (χ4n) is 3.33. The molecule has 156 valence electrons. The molecule has 0 amide bonds. The van der Waals surface area contributed by atoms with E-state index in [4.69, 9.17) is 0 Å². The first kappa shape index (κ1) is 22.6. The summed E-state index contributed by atoms with van der Waals surface area (Å²) in [6.07, 6.45) is 2.46. The number of benzene rings is 3. The van der Waals surface area contributed by atoms with Gasteiger partial charge < -0.3 is 5.32 Å². The van der Waals surface area contributed by atoms with Gasteiger partial charge in [-0.15, -0.1) is 11.8 Å². The van der Waals surface area contributed by atoms with Crippen LogP contribution >= 0.6 is 27.7 Å². The van der Waals surface area contributed by atoms with Crippen molar-refractivity contribution in [2.24, 2.45) is 0 Å². The minimum Gasteiger partial charge on any atom is -0.378 e. The standard InChI is InChI=1S/C26H28BrNOS/c1-26(2,3)20-12-8-19(9-13-20)25(29)17-24(18-10-14-23(30-4)15-11-18)28-22-7-5-6-21(27)16-22/h5-16,24,28H,17H2,1-4H3. The Morgan fingerprint density at radius 2 is 1.67 bits per heavy atom. The van der Waals surface area contributed by atoms with Gasteiger partial charge in [0.1, 0.15) is 0 Å². The molecule has 0 radical (unpaired) electrons. The molecule has 2 nitrogen and oxygen atoms in total. The Morgan fingerprint density at radius 3 is 2.23 bits per heavy atom. The van der Waals surface area contributed by atoms with Gasteiger partial charge in [-0.1, -0.05) is 79.2 Å². The maximum absolute atomic E-state index is 13.1. The molecule has 0 spiro atoms. The maximum Gasteiger partial charge on any atom is 0.165 e. The molecule has 3 aromatic carbocycles. The zero-order valence-electron chi connectivity index (χ0n) is 17.9. The minimum atomic E-state index is -0.106. The van der Waals surface area contributed by atoms with Gasteiger partial charge in [0, 0.05) is 27.0 Å². The lowest BCUT2D eigenvalue weighted by molar-refractivity contribution is 0.0976. The molecule has 1 unspecified atom stereocenters. The van der Waals surface area contributed by atoms with E-state index in [0.29, 0.717) is 6.42 Å². The second-order valence-corrected chi connectivity index (χ2v) is 10.2. The van der Waals surface area contributed by atoms with Crippen LogP contribution in [0, 0.1) is 0 Å². The minimum absolute atomic E-state index is 0.0748. The summed E-state index contributed by atoms with van der Waals surface area (Å²) >= 11 is 5.24. The van der Waals surface area contributed by atoms with Gasteiger partial charge in [-0.3, -0.25) is 4.79 Å². The molecule has 0 bridgehead atoms. The van der Waals surface area contributed by atoms with E-state index in [-0.39, 0.29) is 17.2 Å². The maximum atomic E-state index is 13.1. The van der Waals surface area contributed by atoms with E-state index < -0.39 is 0 Å². The zero-order chi connectivity index (χ0) is 21.7. The van der Waals surface area contributed by atoms with Crippen molar-refractivity contribution in [1.82, 2.24) is 0 Å². The second-order valence-electron chi connectivity index (χ2n) is 8.44. The van der Waals surface area contributed by atoms with E-state index in [2.05, 4.69) is 84.7 Å². The predicted octanol–water partition coefficient (Wildman–Crippen LogP) is 7.89. The fraction of sp³-hybridized carbons (Fsp3) is 0.269. The van der Waals surface area contributed by atoms with Gasteiger partial charge in [0.2, 0.25) is 0 Å². The molecule has 0 saturated heterocycles. The number of nitrogens with one attached hydrogen (secondary N) is 1. The lowest BCUT2D eigenvalue weighted by atomic mass is 9.86. The highest BCUT2D eigenvalue weighted by molar-refractivity contribution is 9.10. The number of anilines is 1. The number of Topliss-reactive ketones (excluding diaryl/α,β-unsaturated/α-hetero) is 1. The van der Waals surface area contributed by atoms with Crippen molar-refractivity contribution in [2.45, 2.75) is 43.5 Å². The van der Waals surface area contributed by atoms with Crippen molar-refractivity contribution in [2.75, 3.05) is 11.6 Å². The first-order chi connectivity index (χ1) is 14.3. The van der Waals surface area contributed by atoms with Gasteiger partial charge in [0.15, 0.2) is 5.78 Å². The third-order valence-electron chi connectivity index (χ3n) is 5.15. The Kier molecular flexibility index (Phi) is 7.43. The van der Waals surface area contributed by atoms with Crippen LogP contribution in [-0.2, 0) is 5.41 Å². The number of rotatable bonds is 7. The average molecular weight is 482 g/mol. The highest BCUT2D eigenvalue weighted by Crippen LogP contribution is 2.28. The van der Waals surface area contributed by atoms with Gasteiger partial charge in [-0.05, 0) is 53.1 Å². The average Bonchev–Trinajstić information content (AvgIpc) is 2.73. The fourth-order valence-corrected chi connectivity index (χ4v) is 4.13. The first-order valence-electron chi connectivity index (χ1n) is 10.1. The molecule has 0 heterocycles. The van der Waals surface area contributed by atoms with Crippen LogP contribution in [0.5, 0.6) is 0 Å². The highest BCUT2D eigenvalue weighted by Gasteiger charge is 2.19. The number of carbonyl (C=O) groups excluding carboxylic acids is 1. The Hall–Kier alpha value is -2.04. The lowest BCUT2D eigenvalue weighted by Crippen LogP contribution is -2.16. The lowest BCUT2D eigenvalue weighted by Gasteiger charge is -2.21. The van der Waals surface area contributed by atoms with Crippen LogP contribution in [-0.4, -0.2) is 12.0 Å². The molecule has 3 rings (SSSR count). The Bertz CT molecular complexity index is 991. The summed E-state index contributed by atoms with van der Waals surface area (Å²) in [5.41, 5.74) is 4.15. The first-order valence-corrected chi connectivity index (χ1v) is 12.1. The molecule has 0 aliphatic rings. The zero-order valence-corrected chi connectivity index (χ0v) is 20.3. The largest absolute Gasteiger partial charge is 0.378 e. The number of carbonyl (C=O) groups is 1. The smallest absolute Gasteiger partial charge is 0.165 e.